The first-order chi connectivity index (χ1) is 9.52. The number of methoxy groups -OCH3 is 1. The highest BCUT2D eigenvalue weighted by atomic mass is 16.5. The van der Waals surface area contributed by atoms with E-state index in [0.717, 1.165) is 30.8 Å². The average Bonchev–Trinajstić information content (AvgIpc) is 2.84. The number of hydrogen-bond donors (Lipinski definition) is 2. The van der Waals surface area contributed by atoms with Gasteiger partial charge in [0.25, 0.3) is 0 Å². The zero-order chi connectivity index (χ0) is 14.7. The number of anilines is 2. The van der Waals surface area contributed by atoms with Crippen LogP contribution in [0.4, 0.5) is 11.4 Å². The minimum absolute atomic E-state index is 0.275. The summed E-state index contributed by atoms with van der Waals surface area (Å²) in [5.41, 5.74) is 8.55. The van der Waals surface area contributed by atoms with Crippen LogP contribution in [-0.2, 0) is 9.47 Å². The number of ether oxygens (including phenoxy) is 2. The topological polar surface area (TPSA) is 73.6 Å². The van der Waals surface area contributed by atoms with E-state index < -0.39 is 5.97 Å². The van der Waals surface area contributed by atoms with Crippen LogP contribution in [0.3, 0.4) is 0 Å². The van der Waals surface area contributed by atoms with E-state index in [4.69, 9.17) is 15.2 Å². The zero-order valence-electron chi connectivity index (χ0n) is 12.2. The minimum Gasteiger partial charge on any atom is -0.465 e. The van der Waals surface area contributed by atoms with Gasteiger partial charge in [-0.25, -0.2) is 4.79 Å². The highest BCUT2D eigenvalue weighted by Crippen LogP contribution is 2.25. The summed E-state index contributed by atoms with van der Waals surface area (Å²) in [6.45, 7) is 5.62. The predicted molar refractivity (Wildman–Crippen MR) is 78.9 cm³/mol. The molecule has 2 unspecified atom stereocenters. The fourth-order valence-electron chi connectivity index (χ4n) is 2.47. The largest absolute Gasteiger partial charge is 0.465 e. The number of nitrogen functional groups attached to an aromatic ring is 1. The molecule has 20 heavy (non-hydrogen) atoms. The van der Waals surface area contributed by atoms with Gasteiger partial charge in [0.15, 0.2) is 0 Å². The van der Waals surface area contributed by atoms with E-state index >= 15 is 0 Å². The highest BCUT2D eigenvalue weighted by Gasteiger charge is 2.24. The van der Waals surface area contributed by atoms with Gasteiger partial charge in [-0.1, -0.05) is 0 Å². The van der Waals surface area contributed by atoms with Crippen molar-refractivity contribution in [3.8, 4) is 0 Å². The summed E-state index contributed by atoms with van der Waals surface area (Å²) in [7, 11) is 1.36. The maximum Gasteiger partial charge on any atom is 0.340 e. The Morgan fingerprint density at radius 2 is 2.30 bits per heavy atom. The fraction of sp³-hybridized carbons (Fsp3) is 0.533. The Morgan fingerprint density at radius 3 is 2.90 bits per heavy atom. The molecule has 0 aliphatic carbocycles. The van der Waals surface area contributed by atoms with Crippen molar-refractivity contribution < 1.29 is 14.3 Å². The molecule has 1 saturated heterocycles. The van der Waals surface area contributed by atoms with Crippen molar-refractivity contribution in [2.75, 3.05) is 31.3 Å². The lowest BCUT2D eigenvalue weighted by Gasteiger charge is -2.17. The Labute approximate surface area is 119 Å². The highest BCUT2D eigenvalue weighted by molar-refractivity contribution is 5.97. The van der Waals surface area contributed by atoms with Crippen molar-refractivity contribution >= 4 is 17.3 Å². The van der Waals surface area contributed by atoms with E-state index in [1.165, 1.54) is 7.11 Å². The lowest BCUT2D eigenvalue weighted by Crippen LogP contribution is -2.21. The van der Waals surface area contributed by atoms with Crippen LogP contribution in [0.1, 0.15) is 29.3 Å². The SMILES string of the molecule is COC(=O)c1cc(NCC2CCOC2C)cc(C)c1N. The van der Waals surface area contributed by atoms with E-state index in [-0.39, 0.29) is 6.10 Å². The molecule has 5 heteroatoms. The number of benzene rings is 1. The Kier molecular flexibility index (Phi) is 4.49. The molecule has 2 rings (SSSR count). The zero-order valence-corrected chi connectivity index (χ0v) is 12.2. The molecule has 0 radical (unpaired) electrons. The van der Waals surface area contributed by atoms with Crippen molar-refractivity contribution in [3.05, 3.63) is 23.3 Å². The molecule has 0 saturated carbocycles. The number of carbonyl (C=O) groups is 1. The maximum absolute atomic E-state index is 11.7. The van der Waals surface area contributed by atoms with E-state index in [0.29, 0.717) is 17.2 Å². The van der Waals surface area contributed by atoms with Crippen LogP contribution in [0, 0.1) is 12.8 Å². The third-order valence-electron chi connectivity index (χ3n) is 3.89. The maximum atomic E-state index is 11.7. The molecule has 1 aliphatic rings. The number of carbonyl (C=O) groups excluding carboxylic acids is 1. The Hall–Kier alpha value is -1.75. The van der Waals surface area contributed by atoms with Crippen molar-refractivity contribution in [2.24, 2.45) is 5.92 Å². The first-order valence-electron chi connectivity index (χ1n) is 6.86. The second kappa shape index (κ2) is 6.13. The molecule has 0 aromatic heterocycles. The summed E-state index contributed by atoms with van der Waals surface area (Å²) in [4.78, 5) is 11.7. The number of nitrogens with two attached hydrogens (primary N) is 1. The number of rotatable bonds is 4. The molecule has 110 valence electrons. The quantitative estimate of drug-likeness (QED) is 0.652. The van der Waals surface area contributed by atoms with Crippen LogP contribution in [-0.4, -0.2) is 32.3 Å². The average molecular weight is 278 g/mol. The van der Waals surface area contributed by atoms with Gasteiger partial charge < -0.3 is 20.5 Å². The molecule has 1 aromatic rings. The summed E-state index contributed by atoms with van der Waals surface area (Å²) in [5.74, 6) is 0.0845. The summed E-state index contributed by atoms with van der Waals surface area (Å²) in [5, 5.41) is 3.36. The first-order valence-corrected chi connectivity index (χ1v) is 6.86. The molecular formula is C15H22N2O3. The number of aryl methyl sites for hydroxylation is 1. The second-order valence-corrected chi connectivity index (χ2v) is 5.25. The van der Waals surface area contributed by atoms with Gasteiger partial charge in [0.05, 0.1) is 18.8 Å². The molecular weight excluding hydrogens is 256 g/mol. The van der Waals surface area contributed by atoms with Crippen LogP contribution in [0.25, 0.3) is 0 Å². The van der Waals surface area contributed by atoms with Crippen LogP contribution in [0.5, 0.6) is 0 Å². The van der Waals surface area contributed by atoms with Gasteiger partial charge in [-0.2, -0.15) is 0 Å². The lowest BCUT2D eigenvalue weighted by molar-refractivity contribution is 0.0602. The summed E-state index contributed by atoms with van der Waals surface area (Å²) < 4.78 is 10.3. The summed E-state index contributed by atoms with van der Waals surface area (Å²) >= 11 is 0. The minimum atomic E-state index is -0.410. The van der Waals surface area contributed by atoms with E-state index in [9.17, 15) is 4.79 Å². The molecule has 2 atom stereocenters. The molecule has 0 bridgehead atoms. The normalized spacial score (nSPS) is 21.8. The molecule has 0 spiro atoms. The smallest absolute Gasteiger partial charge is 0.340 e. The molecule has 3 N–H and O–H groups in total. The van der Waals surface area contributed by atoms with E-state index in [1.807, 2.05) is 13.0 Å². The van der Waals surface area contributed by atoms with Gasteiger partial charge in [-0.05, 0) is 38.0 Å². The van der Waals surface area contributed by atoms with Crippen LogP contribution in [0.15, 0.2) is 12.1 Å². The predicted octanol–water partition coefficient (Wildman–Crippen LogP) is 2.20. The molecule has 1 aromatic carbocycles. The monoisotopic (exact) mass is 278 g/mol. The van der Waals surface area contributed by atoms with E-state index in [1.54, 1.807) is 6.07 Å². The standard InChI is InChI=1S/C15H22N2O3/c1-9-6-12(7-13(14(9)16)15(18)19-3)17-8-11-4-5-20-10(11)2/h6-7,10-11,17H,4-5,8,16H2,1-3H3. The lowest BCUT2D eigenvalue weighted by atomic mass is 10.0. The van der Waals surface area contributed by atoms with Gasteiger partial charge in [-0.3, -0.25) is 0 Å². The van der Waals surface area contributed by atoms with Gasteiger partial charge in [0.1, 0.15) is 0 Å². The number of esters is 1. The van der Waals surface area contributed by atoms with Gasteiger partial charge in [0.2, 0.25) is 0 Å². The van der Waals surface area contributed by atoms with Gasteiger partial charge in [0, 0.05) is 30.4 Å². The number of hydrogen-bond acceptors (Lipinski definition) is 5. The summed E-state index contributed by atoms with van der Waals surface area (Å²) in [6, 6.07) is 3.69. The Morgan fingerprint density at radius 1 is 1.55 bits per heavy atom. The van der Waals surface area contributed by atoms with Crippen molar-refractivity contribution in [2.45, 2.75) is 26.4 Å². The van der Waals surface area contributed by atoms with Crippen LogP contribution in [0.2, 0.25) is 0 Å². The molecule has 5 nitrogen and oxygen atoms in total. The van der Waals surface area contributed by atoms with Crippen LogP contribution >= 0.6 is 0 Å². The second-order valence-electron chi connectivity index (χ2n) is 5.25. The van der Waals surface area contributed by atoms with E-state index in [2.05, 4.69) is 12.2 Å². The van der Waals surface area contributed by atoms with Gasteiger partial charge in [-0.15, -0.1) is 0 Å². The van der Waals surface area contributed by atoms with Gasteiger partial charge >= 0.3 is 5.97 Å². The third-order valence-corrected chi connectivity index (χ3v) is 3.89. The molecule has 0 amide bonds. The van der Waals surface area contributed by atoms with Crippen molar-refractivity contribution in [3.63, 3.8) is 0 Å². The Balaban J connectivity index is 2.12. The third kappa shape index (κ3) is 3.04. The van der Waals surface area contributed by atoms with Crippen molar-refractivity contribution in [1.82, 2.24) is 0 Å². The van der Waals surface area contributed by atoms with Crippen molar-refractivity contribution in [1.29, 1.82) is 0 Å². The number of nitrogens with one attached hydrogen (secondary N) is 1. The molecule has 1 fully saturated rings. The first kappa shape index (κ1) is 14.7. The molecule has 1 aliphatic heterocycles. The Bertz CT molecular complexity index is 502. The fourth-order valence-corrected chi connectivity index (χ4v) is 2.47. The summed E-state index contributed by atoms with van der Waals surface area (Å²) in [6.07, 6.45) is 1.34. The molecule has 1 heterocycles. The van der Waals surface area contributed by atoms with Crippen LogP contribution < -0.4 is 11.1 Å².